The second-order valence-electron chi connectivity index (χ2n) is 3.23. The molecule has 0 bridgehead atoms. The molecule has 1 unspecified atom stereocenters. The summed E-state index contributed by atoms with van der Waals surface area (Å²) in [6, 6.07) is 0. The summed E-state index contributed by atoms with van der Waals surface area (Å²) in [5.74, 6) is 1.61. The second kappa shape index (κ2) is 6.22. The maximum absolute atomic E-state index is 5.18. The molecule has 1 aromatic heterocycles. The number of ether oxygens (including phenoxy) is 1. The molecular formula is C10H16IN3O. The number of aromatic nitrogens is 2. The first-order valence-corrected chi connectivity index (χ1v) is 6.06. The minimum Gasteiger partial charge on any atom is -0.374 e. The molecule has 1 N–H and O–H groups in total. The highest BCUT2D eigenvalue weighted by Crippen LogP contribution is 2.18. The highest BCUT2D eigenvalue weighted by Gasteiger charge is 2.10. The standard InChI is InChI=1S/C10H16IN3O/c1-4-5-12-10-8(11)6-13-9(14-10)7(2)15-3/h6-7H,4-5H2,1-3H3,(H,12,13,14). The summed E-state index contributed by atoms with van der Waals surface area (Å²) < 4.78 is 6.22. The summed E-state index contributed by atoms with van der Waals surface area (Å²) in [6.45, 7) is 4.99. The number of halogens is 1. The van der Waals surface area contributed by atoms with E-state index in [1.165, 1.54) is 0 Å². The summed E-state index contributed by atoms with van der Waals surface area (Å²) in [5, 5.41) is 3.27. The van der Waals surface area contributed by atoms with Gasteiger partial charge in [-0.15, -0.1) is 0 Å². The van der Waals surface area contributed by atoms with Gasteiger partial charge in [0.05, 0.1) is 3.57 Å². The van der Waals surface area contributed by atoms with E-state index in [4.69, 9.17) is 4.74 Å². The molecule has 1 heterocycles. The molecule has 0 aliphatic rings. The van der Waals surface area contributed by atoms with Crippen LogP contribution in [0.2, 0.25) is 0 Å². The predicted molar refractivity (Wildman–Crippen MR) is 69.0 cm³/mol. The van der Waals surface area contributed by atoms with Crippen LogP contribution in [-0.4, -0.2) is 23.6 Å². The number of rotatable bonds is 5. The van der Waals surface area contributed by atoms with Gasteiger partial charge in [0.25, 0.3) is 0 Å². The van der Waals surface area contributed by atoms with Crippen LogP contribution in [0.5, 0.6) is 0 Å². The van der Waals surface area contributed by atoms with E-state index in [9.17, 15) is 0 Å². The highest BCUT2D eigenvalue weighted by atomic mass is 127. The van der Waals surface area contributed by atoms with Gasteiger partial charge in [-0.2, -0.15) is 0 Å². The first kappa shape index (κ1) is 12.6. The van der Waals surface area contributed by atoms with E-state index in [1.54, 1.807) is 7.11 Å². The van der Waals surface area contributed by atoms with E-state index in [2.05, 4.69) is 44.8 Å². The Morgan fingerprint density at radius 3 is 2.93 bits per heavy atom. The number of hydrogen-bond acceptors (Lipinski definition) is 4. The number of hydrogen-bond donors (Lipinski definition) is 1. The SMILES string of the molecule is CCCNc1nc(C(C)OC)ncc1I. The van der Waals surface area contributed by atoms with Gasteiger partial charge in [-0.05, 0) is 35.9 Å². The zero-order valence-corrected chi connectivity index (χ0v) is 11.4. The van der Waals surface area contributed by atoms with Crippen LogP contribution in [0.4, 0.5) is 5.82 Å². The number of nitrogens with zero attached hydrogens (tertiary/aromatic N) is 2. The summed E-state index contributed by atoms with van der Waals surface area (Å²) >= 11 is 2.22. The Labute approximate surface area is 104 Å². The summed E-state index contributed by atoms with van der Waals surface area (Å²) in [6.07, 6.45) is 2.83. The van der Waals surface area contributed by atoms with Crippen molar-refractivity contribution in [3.05, 3.63) is 15.6 Å². The van der Waals surface area contributed by atoms with Gasteiger partial charge in [0.15, 0.2) is 5.82 Å². The fourth-order valence-electron chi connectivity index (χ4n) is 1.05. The molecule has 0 spiro atoms. The van der Waals surface area contributed by atoms with Crippen molar-refractivity contribution in [1.82, 2.24) is 9.97 Å². The molecule has 0 radical (unpaired) electrons. The van der Waals surface area contributed by atoms with Crippen LogP contribution < -0.4 is 5.32 Å². The molecule has 1 aromatic rings. The van der Waals surface area contributed by atoms with Crippen molar-refractivity contribution in [3.8, 4) is 0 Å². The summed E-state index contributed by atoms with van der Waals surface area (Å²) in [7, 11) is 1.66. The Hall–Kier alpha value is -0.430. The van der Waals surface area contributed by atoms with Crippen molar-refractivity contribution in [3.63, 3.8) is 0 Å². The number of nitrogens with one attached hydrogen (secondary N) is 1. The predicted octanol–water partition coefficient (Wildman–Crippen LogP) is 2.61. The van der Waals surface area contributed by atoms with Crippen LogP contribution >= 0.6 is 22.6 Å². The van der Waals surface area contributed by atoms with E-state index >= 15 is 0 Å². The van der Waals surface area contributed by atoms with Crippen LogP contribution in [0, 0.1) is 3.57 Å². The molecule has 1 rings (SSSR count). The summed E-state index contributed by atoms with van der Waals surface area (Å²) in [4.78, 5) is 8.66. The smallest absolute Gasteiger partial charge is 0.159 e. The molecule has 0 aliphatic heterocycles. The van der Waals surface area contributed by atoms with Crippen molar-refractivity contribution in [2.24, 2.45) is 0 Å². The van der Waals surface area contributed by atoms with Crippen molar-refractivity contribution in [2.45, 2.75) is 26.4 Å². The molecule has 4 nitrogen and oxygen atoms in total. The molecule has 0 aromatic carbocycles. The zero-order valence-electron chi connectivity index (χ0n) is 9.25. The molecule has 0 saturated heterocycles. The van der Waals surface area contributed by atoms with Gasteiger partial charge >= 0.3 is 0 Å². The number of methoxy groups -OCH3 is 1. The van der Waals surface area contributed by atoms with Crippen molar-refractivity contribution >= 4 is 28.4 Å². The lowest BCUT2D eigenvalue weighted by atomic mass is 10.3. The first-order valence-electron chi connectivity index (χ1n) is 4.98. The normalized spacial score (nSPS) is 12.5. The molecule has 0 aliphatic carbocycles. The topological polar surface area (TPSA) is 47.0 Å². The van der Waals surface area contributed by atoms with Gasteiger partial charge in [-0.1, -0.05) is 6.92 Å². The third kappa shape index (κ3) is 3.57. The third-order valence-electron chi connectivity index (χ3n) is 2.02. The molecule has 0 amide bonds. The molecular weight excluding hydrogens is 305 g/mol. The molecule has 84 valence electrons. The highest BCUT2D eigenvalue weighted by molar-refractivity contribution is 14.1. The average molecular weight is 321 g/mol. The lowest BCUT2D eigenvalue weighted by Gasteiger charge is -2.11. The van der Waals surface area contributed by atoms with E-state index in [-0.39, 0.29) is 6.10 Å². The minimum absolute atomic E-state index is 0.0656. The largest absolute Gasteiger partial charge is 0.374 e. The summed E-state index contributed by atoms with van der Waals surface area (Å²) in [5.41, 5.74) is 0. The minimum atomic E-state index is -0.0656. The Morgan fingerprint density at radius 2 is 2.33 bits per heavy atom. The maximum atomic E-state index is 5.18. The molecule has 0 fully saturated rings. The van der Waals surface area contributed by atoms with Gasteiger partial charge in [-0.25, -0.2) is 9.97 Å². The van der Waals surface area contributed by atoms with Crippen molar-refractivity contribution in [2.75, 3.05) is 19.0 Å². The molecule has 5 heteroatoms. The lowest BCUT2D eigenvalue weighted by molar-refractivity contribution is 0.112. The zero-order chi connectivity index (χ0) is 11.3. The van der Waals surface area contributed by atoms with E-state index in [1.807, 2.05) is 13.1 Å². The maximum Gasteiger partial charge on any atom is 0.159 e. The van der Waals surface area contributed by atoms with Crippen molar-refractivity contribution < 1.29 is 4.74 Å². The third-order valence-corrected chi connectivity index (χ3v) is 2.81. The second-order valence-corrected chi connectivity index (χ2v) is 4.39. The Bertz CT molecular complexity index is 320. The fourth-order valence-corrected chi connectivity index (χ4v) is 1.50. The average Bonchev–Trinajstić information content (AvgIpc) is 2.27. The van der Waals surface area contributed by atoms with Gasteiger partial charge < -0.3 is 10.1 Å². The first-order chi connectivity index (χ1) is 7.19. The van der Waals surface area contributed by atoms with E-state index in [0.717, 1.165) is 28.2 Å². The Kier molecular flexibility index (Phi) is 5.24. The van der Waals surface area contributed by atoms with E-state index < -0.39 is 0 Å². The molecule has 0 saturated carbocycles. The van der Waals surface area contributed by atoms with Gasteiger partial charge in [0.2, 0.25) is 0 Å². The quantitative estimate of drug-likeness (QED) is 0.847. The van der Waals surface area contributed by atoms with Crippen LogP contribution in [0.3, 0.4) is 0 Å². The Balaban J connectivity index is 2.84. The molecule has 1 atom stereocenters. The van der Waals surface area contributed by atoms with Crippen LogP contribution in [0.1, 0.15) is 32.2 Å². The van der Waals surface area contributed by atoms with Crippen LogP contribution in [-0.2, 0) is 4.74 Å². The number of anilines is 1. The lowest BCUT2D eigenvalue weighted by Crippen LogP contribution is -2.09. The van der Waals surface area contributed by atoms with Crippen LogP contribution in [0.15, 0.2) is 6.20 Å². The molecule has 15 heavy (non-hydrogen) atoms. The van der Waals surface area contributed by atoms with Gasteiger partial charge in [-0.3, -0.25) is 0 Å². The van der Waals surface area contributed by atoms with Gasteiger partial charge in [0.1, 0.15) is 11.9 Å². The fraction of sp³-hybridized carbons (Fsp3) is 0.600. The monoisotopic (exact) mass is 321 g/mol. The van der Waals surface area contributed by atoms with Gasteiger partial charge in [0, 0.05) is 19.9 Å². The van der Waals surface area contributed by atoms with E-state index in [0.29, 0.717) is 0 Å². The Morgan fingerprint density at radius 1 is 1.60 bits per heavy atom. The van der Waals surface area contributed by atoms with Crippen molar-refractivity contribution in [1.29, 1.82) is 0 Å². The van der Waals surface area contributed by atoms with Crippen LogP contribution in [0.25, 0.3) is 0 Å².